The zero-order valence-corrected chi connectivity index (χ0v) is 16.0. The number of ether oxygens (including phenoxy) is 1. The van der Waals surface area contributed by atoms with Crippen LogP contribution < -0.4 is 15.0 Å². The van der Waals surface area contributed by atoms with Crippen LogP contribution in [0.1, 0.15) is 11.1 Å². The van der Waals surface area contributed by atoms with Crippen LogP contribution in [0.4, 0.5) is 0 Å². The highest BCUT2D eigenvalue weighted by molar-refractivity contribution is 6.35. The number of rotatable bonds is 8. The van der Waals surface area contributed by atoms with Gasteiger partial charge in [0.25, 0.3) is 5.91 Å². The number of methoxy groups -OCH3 is 1. The van der Waals surface area contributed by atoms with Crippen molar-refractivity contribution in [3.63, 3.8) is 0 Å². The van der Waals surface area contributed by atoms with Gasteiger partial charge in [0.2, 0.25) is 0 Å². The summed E-state index contributed by atoms with van der Waals surface area (Å²) in [5.41, 5.74) is 2.14. The normalized spacial score (nSPS) is 11.8. The van der Waals surface area contributed by atoms with E-state index >= 15 is 0 Å². The molecule has 134 valence electrons. The van der Waals surface area contributed by atoms with Crippen LogP contribution in [-0.4, -0.2) is 33.2 Å². The summed E-state index contributed by atoms with van der Waals surface area (Å²) in [5, 5.41) is 4.20. The number of carbonyl (C=O) groups excluding carboxylic acids is 1. The maximum atomic E-state index is 12.1. The lowest BCUT2D eigenvalue weighted by molar-refractivity contribution is -0.885. The van der Waals surface area contributed by atoms with Crippen LogP contribution in [-0.2, 0) is 17.8 Å². The summed E-state index contributed by atoms with van der Waals surface area (Å²) in [6.07, 6.45) is 0.789. The minimum absolute atomic E-state index is 0.0242. The first-order chi connectivity index (χ1) is 12.0. The molecule has 0 bridgehead atoms. The number of hydrogen-bond acceptors (Lipinski definition) is 2. The molecule has 0 spiro atoms. The number of benzene rings is 2. The molecular weight excluding hydrogens is 359 g/mol. The summed E-state index contributed by atoms with van der Waals surface area (Å²) < 4.78 is 5.13. The Balaban J connectivity index is 1.73. The van der Waals surface area contributed by atoms with E-state index in [0.29, 0.717) is 29.7 Å². The van der Waals surface area contributed by atoms with Gasteiger partial charge in [-0.3, -0.25) is 4.79 Å². The topological polar surface area (TPSA) is 42.8 Å². The van der Waals surface area contributed by atoms with Crippen molar-refractivity contribution >= 4 is 29.1 Å². The van der Waals surface area contributed by atoms with Crippen molar-refractivity contribution in [2.75, 3.05) is 27.2 Å². The van der Waals surface area contributed by atoms with Crippen molar-refractivity contribution in [3.05, 3.63) is 63.6 Å². The summed E-state index contributed by atoms with van der Waals surface area (Å²) in [6.45, 7) is 1.67. The van der Waals surface area contributed by atoms with E-state index in [2.05, 4.69) is 5.32 Å². The minimum atomic E-state index is 0.0242. The molecule has 0 saturated heterocycles. The van der Waals surface area contributed by atoms with E-state index in [1.807, 2.05) is 43.4 Å². The van der Waals surface area contributed by atoms with E-state index in [4.69, 9.17) is 27.9 Å². The van der Waals surface area contributed by atoms with E-state index < -0.39 is 0 Å². The minimum Gasteiger partial charge on any atom is -0.497 e. The lowest BCUT2D eigenvalue weighted by Crippen LogP contribution is -3.08. The molecule has 0 aliphatic carbocycles. The second kappa shape index (κ2) is 9.66. The van der Waals surface area contributed by atoms with Crippen LogP contribution >= 0.6 is 23.2 Å². The number of likely N-dealkylation sites (N-methyl/N-ethyl adjacent to an activating group) is 1. The second-order valence-electron chi connectivity index (χ2n) is 5.99. The third-order valence-corrected chi connectivity index (χ3v) is 4.45. The number of hydrogen-bond donors (Lipinski definition) is 2. The molecule has 1 unspecified atom stereocenters. The highest BCUT2D eigenvalue weighted by atomic mass is 35.5. The number of carbonyl (C=O) groups is 1. The highest BCUT2D eigenvalue weighted by Gasteiger charge is 2.12. The zero-order chi connectivity index (χ0) is 18.2. The van der Waals surface area contributed by atoms with Gasteiger partial charge in [0.1, 0.15) is 12.3 Å². The molecule has 0 aliphatic rings. The predicted molar refractivity (Wildman–Crippen MR) is 102 cm³/mol. The monoisotopic (exact) mass is 381 g/mol. The Kier molecular flexibility index (Phi) is 7.56. The zero-order valence-electron chi connectivity index (χ0n) is 14.4. The van der Waals surface area contributed by atoms with Gasteiger partial charge in [-0.25, -0.2) is 0 Å². The Hall–Kier alpha value is -1.75. The molecule has 2 aromatic rings. The fraction of sp³-hybridized carbons (Fsp3) is 0.316. The SMILES string of the molecule is COc1ccc(CCNC(=O)C[NH+](C)Cc2ccc(Cl)cc2Cl)cc1. The molecule has 0 radical (unpaired) electrons. The van der Waals surface area contributed by atoms with Gasteiger partial charge in [-0.1, -0.05) is 41.4 Å². The Morgan fingerprint density at radius 3 is 2.52 bits per heavy atom. The third-order valence-electron chi connectivity index (χ3n) is 3.86. The molecular formula is C19H23Cl2N2O2+. The van der Waals surface area contributed by atoms with Gasteiger partial charge in [-0.15, -0.1) is 0 Å². The van der Waals surface area contributed by atoms with Gasteiger partial charge in [0, 0.05) is 17.1 Å². The molecule has 0 heterocycles. The predicted octanol–water partition coefficient (Wildman–Crippen LogP) is 2.38. The average Bonchev–Trinajstić information content (AvgIpc) is 2.58. The number of quaternary nitrogens is 1. The summed E-state index contributed by atoms with van der Waals surface area (Å²) in [7, 11) is 3.61. The van der Waals surface area contributed by atoms with Crippen molar-refractivity contribution in [2.45, 2.75) is 13.0 Å². The fourth-order valence-corrected chi connectivity index (χ4v) is 3.00. The molecule has 25 heavy (non-hydrogen) atoms. The van der Waals surface area contributed by atoms with E-state index in [-0.39, 0.29) is 5.91 Å². The number of halogens is 2. The lowest BCUT2D eigenvalue weighted by atomic mass is 10.1. The molecule has 2 N–H and O–H groups in total. The molecule has 0 aromatic heterocycles. The largest absolute Gasteiger partial charge is 0.497 e. The average molecular weight is 382 g/mol. The molecule has 0 fully saturated rings. The van der Waals surface area contributed by atoms with Gasteiger partial charge in [0.15, 0.2) is 6.54 Å². The van der Waals surface area contributed by atoms with Gasteiger partial charge in [-0.2, -0.15) is 0 Å². The van der Waals surface area contributed by atoms with E-state index in [9.17, 15) is 4.79 Å². The Morgan fingerprint density at radius 1 is 1.16 bits per heavy atom. The first-order valence-corrected chi connectivity index (χ1v) is 8.88. The molecule has 1 atom stereocenters. The first kappa shape index (κ1) is 19.6. The Morgan fingerprint density at radius 2 is 1.88 bits per heavy atom. The van der Waals surface area contributed by atoms with Gasteiger partial charge in [-0.05, 0) is 36.2 Å². The van der Waals surface area contributed by atoms with E-state index in [1.54, 1.807) is 13.2 Å². The van der Waals surface area contributed by atoms with Crippen molar-refractivity contribution < 1.29 is 14.4 Å². The van der Waals surface area contributed by atoms with E-state index in [1.165, 1.54) is 0 Å². The maximum Gasteiger partial charge on any atom is 0.275 e. The molecule has 0 saturated carbocycles. The molecule has 2 rings (SSSR count). The summed E-state index contributed by atoms with van der Waals surface area (Å²) in [5.74, 6) is 0.856. The van der Waals surface area contributed by atoms with Crippen LogP contribution in [0.2, 0.25) is 10.0 Å². The molecule has 2 aromatic carbocycles. The van der Waals surface area contributed by atoms with Crippen LogP contribution in [0.5, 0.6) is 5.75 Å². The standard InChI is InChI=1S/C19H22Cl2N2O2/c1-23(12-15-5-6-16(20)11-18(15)21)13-19(24)22-10-9-14-3-7-17(25-2)8-4-14/h3-8,11H,9-10,12-13H2,1-2H3,(H,22,24)/p+1. The quantitative estimate of drug-likeness (QED) is 0.736. The fourth-order valence-electron chi connectivity index (χ4n) is 2.53. The lowest BCUT2D eigenvalue weighted by Gasteiger charge is -2.15. The maximum absolute atomic E-state index is 12.1. The summed E-state index contributed by atoms with van der Waals surface area (Å²) in [6, 6.07) is 13.3. The van der Waals surface area contributed by atoms with Crippen LogP contribution in [0, 0.1) is 0 Å². The molecule has 0 aliphatic heterocycles. The second-order valence-corrected chi connectivity index (χ2v) is 6.84. The Bertz CT molecular complexity index is 705. The van der Waals surface area contributed by atoms with Crippen LogP contribution in [0.15, 0.2) is 42.5 Å². The van der Waals surface area contributed by atoms with Crippen LogP contribution in [0.25, 0.3) is 0 Å². The van der Waals surface area contributed by atoms with Gasteiger partial charge in [0.05, 0.1) is 19.2 Å². The summed E-state index contributed by atoms with van der Waals surface area (Å²) in [4.78, 5) is 13.1. The van der Waals surface area contributed by atoms with Gasteiger partial charge < -0.3 is 15.0 Å². The van der Waals surface area contributed by atoms with Crippen molar-refractivity contribution in [1.29, 1.82) is 0 Å². The highest BCUT2D eigenvalue weighted by Crippen LogP contribution is 2.20. The van der Waals surface area contributed by atoms with Crippen LogP contribution in [0.3, 0.4) is 0 Å². The van der Waals surface area contributed by atoms with E-state index in [0.717, 1.165) is 28.2 Å². The third kappa shape index (κ3) is 6.58. The Labute approximate surface area is 158 Å². The first-order valence-electron chi connectivity index (χ1n) is 8.13. The van der Waals surface area contributed by atoms with Gasteiger partial charge >= 0.3 is 0 Å². The van der Waals surface area contributed by atoms with Crippen molar-refractivity contribution in [1.82, 2.24) is 5.32 Å². The van der Waals surface area contributed by atoms with Crippen molar-refractivity contribution in [3.8, 4) is 5.75 Å². The number of amides is 1. The van der Waals surface area contributed by atoms with Crippen molar-refractivity contribution in [2.24, 2.45) is 0 Å². The molecule has 1 amide bonds. The molecule has 6 heteroatoms. The summed E-state index contributed by atoms with van der Waals surface area (Å²) >= 11 is 12.1. The number of nitrogens with one attached hydrogen (secondary N) is 2. The smallest absolute Gasteiger partial charge is 0.275 e. The molecule has 4 nitrogen and oxygen atoms in total.